The van der Waals surface area contributed by atoms with E-state index in [1.807, 2.05) is 24.3 Å². The first kappa shape index (κ1) is 19.6. The molecule has 0 spiro atoms. The molecule has 2 saturated heterocycles. The summed E-state index contributed by atoms with van der Waals surface area (Å²) >= 11 is 0. The number of hydrogen-bond donors (Lipinski definition) is 1. The molecule has 2 aliphatic rings. The largest absolute Gasteiger partial charge is 0.497 e. The summed E-state index contributed by atoms with van der Waals surface area (Å²) in [7, 11) is 5.15. The maximum absolute atomic E-state index is 12.4. The van der Waals surface area contributed by atoms with Gasteiger partial charge in [-0.1, -0.05) is 12.1 Å². The summed E-state index contributed by atoms with van der Waals surface area (Å²) in [4.78, 5) is 28.2. The molecule has 0 bridgehead atoms. The number of benzene rings is 1. The molecule has 2 aliphatic heterocycles. The molecule has 0 unspecified atom stereocenters. The van der Waals surface area contributed by atoms with Crippen molar-refractivity contribution in [2.24, 2.45) is 0 Å². The number of carbonyl (C=O) groups is 2. The predicted molar refractivity (Wildman–Crippen MR) is 102 cm³/mol. The Labute approximate surface area is 160 Å². The summed E-state index contributed by atoms with van der Waals surface area (Å²) in [6.45, 7) is 2.18. The molecule has 0 aromatic heterocycles. The molecule has 7 nitrogen and oxygen atoms in total. The van der Waals surface area contributed by atoms with Crippen molar-refractivity contribution in [3.05, 3.63) is 29.8 Å². The van der Waals surface area contributed by atoms with Gasteiger partial charge < -0.3 is 19.7 Å². The van der Waals surface area contributed by atoms with Crippen molar-refractivity contribution in [1.29, 1.82) is 0 Å². The molecule has 0 radical (unpaired) electrons. The summed E-state index contributed by atoms with van der Waals surface area (Å²) in [5, 5.41) is 3.14. The standard InChI is InChI=1S/C20H29N3O4/c1-22(2)20(25)10-18-12-23-11-15(9-16(23)13-27-18)21-19(24)8-14-4-6-17(26-3)7-5-14/h4-7,15-16,18H,8-13H2,1-3H3,(H,21,24)/t15-,16-,18-/m0/s1. The molecule has 2 heterocycles. The minimum absolute atomic E-state index is 0.0327. The van der Waals surface area contributed by atoms with Crippen LogP contribution in [0.25, 0.3) is 0 Å². The lowest BCUT2D eigenvalue weighted by molar-refractivity contribution is -0.134. The SMILES string of the molecule is COc1ccc(CC(=O)N[C@H]2C[C@H]3CO[C@@H](CC(=O)N(C)C)CN3C2)cc1. The van der Waals surface area contributed by atoms with Crippen LogP contribution in [0.5, 0.6) is 5.75 Å². The van der Waals surface area contributed by atoms with Gasteiger partial charge in [-0.3, -0.25) is 14.5 Å². The minimum Gasteiger partial charge on any atom is -0.497 e. The van der Waals surface area contributed by atoms with E-state index in [1.54, 1.807) is 26.1 Å². The van der Waals surface area contributed by atoms with Crippen molar-refractivity contribution >= 4 is 11.8 Å². The highest BCUT2D eigenvalue weighted by Crippen LogP contribution is 2.24. The molecule has 7 heteroatoms. The zero-order chi connectivity index (χ0) is 19.4. The molecule has 27 heavy (non-hydrogen) atoms. The van der Waals surface area contributed by atoms with Crippen LogP contribution >= 0.6 is 0 Å². The first-order valence-corrected chi connectivity index (χ1v) is 9.42. The van der Waals surface area contributed by atoms with E-state index < -0.39 is 0 Å². The third-order valence-corrected chi connectivity index (χ3v) is 5.28. The highest BCUT2D eigenvalue weighted by molar-refractivity contribution is 5.79. The maximum atomic E-state index is 12.4. The highest BCUT2D eigenvalue weighted by Gasteiger charge is 2.38. The number of methoxy groups -OCH3 is 1. The van der Waals surface area contributed by atoms with E-state index in [1.165, 1.54) is 0 Å². The van der Waals surface area contributed by atoms with E-state index in [0.717, 1.165) is 30.8 Å². The second kappa shape index (κ2) is 8.71. The molecule has 148 valence electrons. The molecule has 1 aromatic rings. The lowest BCUT2D eigenvalue weighted by Gasteiger charge is -2.35. The van der Waals surface area contributed by atoms with Crippen molar-refractivity contribution < 1.29 is 19.1 Å². The molecular formula is C20H29N3O4. The van der Waals surface area contributed by atoms with Gasteiger partial charge in [0.1, 0.15) is 5.75 Å². The zero-order valence-corrected chi connectivity index (χ0v) is 16.3. The summed E-state index contributed by atoms with van der Waals surface area (Å²) in [5.41, 5.74) is 0.967. The average molecular weight is 375 g/mol. The van der Waals surface area contributed by atoms with Crippen molar-refractivity contribution in [3.63, 3.8) is 0 Å². The van der Waals surface area contributed by atoms with Crippen molar-refractivity contribution in [3.8, 4) is 5.75 Å². The normalized spacial score (nSPS) is 24.9. The van der Waals surface area contributed by atoms with E-state index >= 15 is 0 Å². The van der Waals surface area contributed by atoms with Gasteiger partial charge in [-0.25, -0.2) is 0 Å². The van der Waals surface area contributed by atoms with E-state index in [-0.39, 0.29) is 24.0 Å². The van der Waals surface area contributed by atoms with Crippen molar-refractivity contribution in [2.45, 2.75) is 37.5 Å². The third kappa shape index (κ3) is 5.20. The van der Waals surface area contributed by atoms with Gasteiger partial charge in [0.25, 0.3) is 0 Å². The molecule has 1 aromatic carbocycles. The third-order valence-electron chi connectivity index (χ3n) is 5.28. The van der Waals surface area contributed by atoms with Gasteiger partial charge in [0.15, 0.2) is 0 Å². The number of nitrogens with zero attached hydrogens (tertiary/aromatic N) is 2. The Balaban J connectivity index is 1.46. The van der Waals surface area contributed by atoms with Crippen LogP contribution in [0.15, 0.2) is 24.3 Å². The fourth-order valence-corrected chi connectivity index (χ4v) is 3.76. The number of morpholine rings is 1. The summed E-state index contributed by atoms with van der Waals surface area (Å²) in [6, 6.07) is 8.01. The number of nitrogens with one attached hydrogen (secondary N) is 1. The fourth-order valence-electron chi connectivity index (χ4n) is 3.76. The van der Waals surface area contributed by atoms with E-state index in [9.17, 15) is 9.59 Å². The Morgan fingerprint density at radius 2 is 2.00 bits per heavy atom. The predicted octanol–water partition coefficient (Wildman–Crippen LogP) is 0.674. The summed E-state index contributed by atoms with van der Waals surface area (Å²) in [5.74, 6) is 0.904. The maximum Gasteiger partial charge on any atom is 0.224 e. The summed E-state index contributed by atoms with van der Waals surface area (Å²) in [6.07, 6.45) is 1.60. The first-order valence-electron chi connectivity index (χ1n) is 9.42. The molecule has 1 N–H and O–H groups in total. The molecular weight excluding hydrogens is 346 g/mol. The van der Waals surface area contributed by atoms with Gasteiger partial charge >= 0.3 is 0 Å². The first-order chi connectivity index (χ1) is 12.9. The lowest BCUT2D eigenvalue weighted by atomic mass is 10.1. The van der Waals surface area contributed by atoms with Gasteiger partial charge in [0.2, 0.25) is 11.8 Å². The quantitative estimate of drug-likeness (QED) is 0.792. The van der Waals surface area contributed by atoms with Crippen LogP contribution in [0, 0.1) is 0 Å². The van der Waals surface area contributed by atoms with Gasteiger partial charge in [0, 0.05) is 39.3 Å². The van der Waals surface area contributed by atoms with Gasteiger partial charge in [0.05, 0.1) is 32.7 Å². The van der Waals surface area contributed by atoms with Crippen LogP contribution in [0.4, 0.5) is 0 Å². The van der Waals surface area contributed by atoms with Crippen LogP contribution in [0.3, 0.4) is 0 Å². The monoisotopic (exact) mass is 375 g/mol. The number of ether oxygens (including phenoxy) is 2. The molecule has 0 aliphatic carbocycles. The highest BCUT2D eigenvalue weighted by atomic mass is 16.5. The Bertz CT molecular complexity index is 662. The number of carbonyl (C=O) groups excluding carboxylic acids is 2. The minimum atomic E-state index is -0.0649. The van der Waals surface area contributed by atoms with E-state index in [4.69, 9.17) is 9.47 Å². The van der Waals surface area contributed by atoms with Crippen molar-refractivity contribution in [2.75, 3.05) is 40.9 Å². The van der Waals surface area contributed by atoms with Gasteiger partial charge in [-0.15, -0.1) is 0 Å². The molecule has 3 rings (SSSR count). The zero-order valence-electron chi connectivity index (χ0n) is 16.3. The Kier molecular flexibility index (Phi) is 6.34. The molecule has 0 saturated carbocycles. The van der Waals surface area contributed by atoms with Crippen LogP contribution < -0.4 is 10.1 Å². The molecule has 2 amide bonds. The topological polar surface area (TPSA) is 71.1 Å². The van der Waals surface area contributed by atoms with Crippen LogP contribution in [-0.2, 0) is 20.7 Å². The van der Waals surface area contributed by atoms with Gasteiger partial charge in [-0.05, 0) is 24.1 Å². The lowest BCUT2D eigenvalue weighted by Crippen LogP contribution is -2.47. The average Bonchev–Trinajstić information content (AvgIpc) is 3.03. The van der Waals surface area contributed by atoms with Crippen LogP contribution in [-0.4, -0.2) is 80.7 Å². The second-order valence-corrected chi connectivity index (χ2v) is 7.58. The van der Waals surface area contributed by atoms with E-state index in [2.05, 4.69) is 10.2 Å². The second-order valence-electron chi connectivity index (χ2n) is 7.58. The fraction of sp³-hybridized carbons (Fsp3) is 0.600. The van der Waals surface area contributed by atoms with Crippen LogP contribution in [0.2, 0.25) is 0 Å². The van der Waals surface area contributed by atoms with Crippen LogP contribution in [0.1, 0.15) is 18.4 Å². The smallest absolute Gasteiger partial charge is 0.224 e. The van der Waals surface area contributed by atoms with Crippen molar-refractivity contribution in [1.82, 2.24) is 15.1 Å². The number of amides is 2. The number of fused-ring (bicyclic) bond motifs is 1. The van der Waals surface area contributed by atoms with Gasteiger partial charge in [-0.2, -0.15) is 0 Å². The number of rotatable bonds is 6. The molecule has 3 atom stereocenters. The number of hydrogen-bond acceptors (Lipinski definition) is 5. The molecule has 2 fully saturated rings. The summed E-state index contributed by atoms with van der Waals surface area (Å²) < 4.78 is 11.0. The Morgan fingerprint density at radius 3 is 2.67 bits per heavy atom. The van der Waals surface area contributed by atoms with E-state index in [0.29, 0.717) is 25.5 Å². The Hall–Kier alpha value is -2.12. The Morgan fingerprint density at radius 1 is 1.26 bits per heavy atom.